The highest BCUT2D eigenvalue weighted by atomic mass is 16.5. The molecule has 0 heterocycles. The Hall–Kier alpha value is -1.71. The van der Waals surface area contributed by atoms with Gasteiger partial charge in [-0.25, -0.2) is 0 Å². The number of aromatic hydroxyl groups is 1. The summed E-state index contributed by atoms with van der Waals surface area (Å²) < 4.78 is 5.24. The van der Waals surface area contributed by atoms with Crippen molar-refractivity contribution < 1.29 is 14.6 Å². The minimum absolute atomic E-state index is 0.0466. The third kappa shape index (κ3) is 4.65. The van der Waals surface area contributed by atoms with Gasteiger partial charge < -0.3 is 15.2 Å². The van der Waals surface area contributed by atoms with Crippen molar-refractivity contribution in [2.45, 2.75) is 26.7 Å². The molecule has 0 bridgehead atoms. The summed E-state index contributed by atoms with van der Waals surface area (Å²) in [6, 6.07) is 6.60. The van der Waals surface area contributed by atoms with Gasteiger partial charge in [-0.3, -0.25) is 4.79 Å². The van der Waals surface area contributed by atoms with E-state index in [9.17, 15) is 9.90 Å². The first kappa shape index (κ1) is 14.4. The Bertz CT molecular complexity index is 375. The summed E-state index contributed by atoms with van der Waals surface area (Å²) in [5.74, 6) is 0.727. The van der Waals surface area contributed by atoms with Gasteiger partial charge in [0.2, 0.25) is 0 Å². The highest BCUT2D eigenvalue weighted by Gasteiger charge is 2.08. The summed E-state index contributed by atoms with van der Waals surface area (Å²) in [5.41, 5.74) is 0. The molecule has 0 aliphatic heterocycles. The van der Waals surface area contributed by atoms with Gasteiger partial charge >= 0.3 is 0 Å². The number of para-hydroxylation sites is 2. The molecule has 0 aromatic heterocycles. The number of hydrogen-bond acceptors (Lipinski definition) is 3. The van der Waals surface area contributed by atoms with Crippen molar-refractivity contribution in [2.24, 2.45) is 5.92 Å². The van der Waals surface area contributed by atoms with Crippen molar-refractivity contribution in [2.75, 3.05) is 13.2 Å². The Kier molecular flexibility index (Phi) is 6.05. The fourth-order valence-electron chi connectivity index (χ4n) is 1.61. The van der Waals surface area contributed by atoms with Crippen LogP contribution < -0.4 is 10.1 Å². The molecular weight excluding hydrogens is 230 g/mol. The van der Waals surface area contributed by atoms with Crippen LogP contribution in [0.25, 0.3) is 0 Å². The highest BCUT2D eigenvalue weighted by molar-refractivity contribution is 5.77. The van der Waals surface area contributed by atoms with Crippen LogP contribution in [-0.2, 0) is 4.79 Å². The monoisotopic (exact) mass is 251 g/mol. The van der Waals surface area contributed by atoms with Crippen LogP contribution in [0.4, 0.5) is 0 Å². The minimum atomic E-state index is -0.162. The molecule has 0 atom stereocenters. The van der Waals surface area contributed by atoms with Crippen LogP contribution in [0.3, 0.4) is 0 Å². The summed E-state index contributed by atoms with van der Waals surface area (Å²) >= 11 is 0. The van der Waals surface area contributed by atoms with Crippen molar-refractivity contribution in [1.29, 1.82) is 0 Å². The lowest BCUT2D eigenvalue weighted by molar-refractivity contribution is -0.123. The predicted octanol–water partition coefficient (Wildman–Crippen LogP) is 2.32. The fourth-order valence-corrected chi connectivity index (χ4v) is 1.61. The maximum absolute atomic E-state index is 11.5. The van der Waals surface area contributed by atoms with Crippen molar-refractivity contribution in [3.8, 4) is 11.5 Å². The van der Waals surface area contributed by atoms with Gasteiger partial charge in [0.25, 0.3) is 5.91 Å². The second kappa shape index (κ2) is 7.58. The van der Waals surface area contributed by atoms with E-state index in [4.69, 9.17) is 4.74 Å². The summed E-state index contributed by atoms with van der Waals surface area (Å²) in [7, 11) is 0. The Labute approximate surface area is 108 Å². The van der Waals surface area contributed by atoms with E-state index in [0.717, 1.165) is 12.8 Å². The SMILES string of the molecule is CCC(CC)CNC(=O)COc1ccccc1O. The third-order valence-electron chi connectivity index (χ3n) is 2.97. The van der Waals surface area contributed by atoms with Gasteiger partial charge in [-0.05, 0) is 18.1 Å². The topological polar surface area (TPSA) is 58.6 Å². The van der Waals surface area contributed by atoms with E-state index < -0.39 is 0 Å². The van der Waals surface area contributed by atoms with Gasteiger partial charge in [0, 0.05) is 6.54 Å². The lowest BCUT2D eigenvalue weighted by Gasteiger charge is -2.13. The number of carbonyl (C=O) groups is 1. The standard InChI is InChI=1S/C14H21NO3/c1-3-11(4-2)9-15-14(17)10-18-13-8-6-5-7-12(13)16/h5-8,11,16H,3-4,9-10H2,1-2H3,(H,15,17). The largest absolute Gasteiger partial charge is 0.504 e. The summed E-state index contributed by atoms with van der Waals surface area (Å²) in [6.45, 7) is 4.82. The molecule has 0 saturated carbocycles. The average Bonchev–Trinajstić information content (AvgIpc) is 2.39. The number of nitrogens with one attached hydrogen (secondary N) is 1. The first-order valence-corrected chi connectivity index (χ1v) is 6.34. The number of carbonyl (C=O) groups excluding carboxylic acids is 1. The molecule has 18 heavy (non-hydrogen) atoms. The van der Waals surface area contributed by atoms with Crippen LogP contribution in [0.15, 0.2) is 24.3 Å². The fraction of sp³-hybridized carbons (Fsp3) is 0.500. The van der Waals surface area contributed by atoms with E-state index in [2.05, 4.69) is 19.2 Å². The maximum atomic E-state index is 11.5. The molecule has 0 radical (unpaired) electrons. The van der Waals surface area contributed by atoms with Crippen molar-refractivity contribution >= 4 is 5.91 Å². The lowest BCUT2D eigenvalue weighted by Crippen LogP contribution is -2.32. The van der Waals surface area contributed by atoms with Gasteiger partial charge in [0.05, 0.1) is 0 Å². The zero-order chi connectivity index (χ0) is 13.4. The zero-order valence-electron chi connectivity index (χ0n) is 11.0. The van der Waals surface area contributed by atoms with Gasteiger partial charge in [0.15, 0.2) is 18.1 Å². The van der Waals surface area contributed by atoms with Gasteiger partial charge in [-0.2, -0.15) is 0 Å². The van der Waals surface area contributed by atoms with E-state index in [1.54, 1.807) is 18.2 Å². The van der Waals surface area contributed by atoms with Crippen LogP contribution in [0.1, 0.15) is 26.7 Å². The minimum Gasteiger partial charge on any atom is -0.504 e. The van der Waals surface area contributed by atoms with Crippen molar-refractivity contribution in [1.82, 2.24) is 5.32 Å². The highest BCUT2D eigenvalue weighted by Crippen LogP contribution is 2.23. The molecule has 0 saturated heterocycles. The first-order chi connectivity index (χ1) is 8.67. The van der Waals surface area contributed by atoms with E-state index in [1.807, 2.05) is 0 Å². The van der Waals surface area contributed by atoms with E-state index >= 15 is 0 Å². The molecule has 1 aromatic rings. The van der Waals surface area contributed by atoms with Crippen LogP contribution >= 0.6 is 0 Å². The van der Waals surface area contributed by atoms with Crippen LogP contribution in [0.5, 0.6) is 11.5 Å². The van der Waals surface area contributed by atoms with Gasteiger partial charge in [-0.15, -0.1) is 0 Å². The number of phenolic OH excluding ortho intramolecular Hbond substituents is 1. The Morgan fingerprint density at radius 2 is 2.00 bits per heavy atom. The summed E-state index contributed by atoms with van der Waals surface area (Å²) in [6.07, 6.45) is 2.11. The number of benzene rings is 1. The normalized spacial score (nSPS) is 10.4. The molecule has 1 rings (SSSR count). The molecule has 0 fully saturated rings. The second-order valence-electron chi connectivity index (χ2n) is 4.24. The lowest BCUT2D eigenvalue weighted by atomic mass is 10.0. The predicted molar refractivity (Wildman–Crippen MR) is 70.7 cm³/mol. The summed E-state index contributed by atoms with van der Waals surface area (Å²) in [4.78, 5) is 11.5. The maximum Gasteiger partial charge on any atom is 0.257 e. The molecule has 0 unspecified atom stereocenters. The van der Waals surface area contributed by atoms with Gasteiger partial charge in [0.1, 0.15) is 0 Å². The second-order valence-corrected chi connectivity index (χ2v) is 4.24. The van der Waals surface area contributed by atoms with Crippen LogP contribution in [-0.4, -0.2) is 24.2 Å². The molecule has 2 N–H and O–H groups in total. The first-order valence-electron chi connectivity index (χ1n) is 6.34. The third-order valence-corrected chi connectivity index (χ3v) is 2.97. The van der Waals surface area contributed by atoms with Crippen molar-refractivity contribution in [3.05, 3.63) is 24.3 Å². The Morgan fingerprint density at radius 1 is 1.33 bits per heavy atom. The number of rotatable bonds is 7. The average molecular weight is 251 g/mol. The quantitative estimate of drug-likeness (QED) is 0.782. The molecule has 1 aromatic carbocycles. The molecule has 100 valence electrons. The smallest absolute Gasteiger partial charge is 0.257 e. The van der Waals surface area contributed by atoms with Gasteiger partial charge in [-0.1, -0.05) is 38.8 Å². The van der Waals surface area contributed by atoms with E-state index in [-0.39, 0.29) is 18.3 Å². The number of hydrogen-bond donors (Lipinski definition) is 2. The number of phenols is 1. The number of amides is 1. The van der Waals surface area contributed by atoms with E-state index in [0.29, 0.717) is 18.2 Å². The van der Waals surface area contributed by atoms with Crippen molar-refractivity contribution in [3.63, 3.8) is 0 Å². The van der Waals surface area contributed by atoms with E-state index in [1.165, 1.54) is 6.07 Å². The summed E-state index contributed by atoms with van der Waals surface area (Å²) in [5, 5.41) is 12.3. The molecule has 1 amide bonds. The Balaban J connectivity index is 2.31. The molecule has 4 heteroatoms. The molecule has 0 aliphatic rings. The Morgan fingerprint density at radius 3 is 2.61 bits per heavy atom. The zero-order valence-corrected chi connectivity index (χ0v) is 11.0. The molecule has 4 nitrogen and oxygen atoms in total. The van der Waals surface area contributed by atoms with Crippen LogP contribution in [0.2, 0.25) is 0 Å². The molecular formula is C14H21NO3. The molecule has 0 aliphatic carbocycles. The molecule has 0 spiro atoms. The number of ether oxygens (including phenoxy) is 1. The van der Waals surface area contributed by atoms with Crippen LogP contribution in [0, 0.1) is 5.92 Å².